The molecule has 2 bridgehead atoms. The zero-order valence-electron chi connectivity index (χ0n) is 12.3. The first-order valence-electron chi connectivity index (χ1n) is 7.90. The maximum absolute atomic E-state index is 5.27. The molecule has 3 rings (SSSR count). The third-order valence-electron chi connectivity index (χ3n) is 5.27. The molecule has 1 heterocycles. The van der Waals surface area contributed by atoms with E-state index in [1.165, 1.54) is 44.2 Å². The number of rotatable bonds is 6. The minimum atomic E-state index is 0.502. The molecule has 3 unspecified atom stereocenters. The van der Waals surface area contributed by atoms with Crippen molar-refractivity contribution < 1.29 is 4.42 Å². The van der Waals surface area contributed by atoms with Gasteiger partial charge in [-0.2, -0.15) is 0 Å². The molecule has 19 heavy (non-hydrogen) atoms. The molecule has 3 atom stereocenters. The maximum Gasteiger partial charge on any atom is 0.0934 e. The van der Waals surface area contributed by atoms with Crippen molar-refractivity contribution in [3.05, 3.63) is 24.2 Å². The van der Waals surface area contributed by atoms with Gasteiger partial charge in [-0.3, -0.25) is 0 Å². The molecule has 0 amide bonds. The van der Waals surface area contributed by atoms with Crippen molar-refractivity contribution in [1.82, 2.24) is 5.32 Å². The van der Waals surface area contributed by atoms with Crippen molar-refractivity contribution in [3.63, 3.8) is 0 Å². The van der Waals surface area contributed by atoms with E-state index in [1.54, 1.807) is 0 Å². The van der Waals surface area contributed by atoms with Gasteiger partial charge in [0.05, 0.1) is 12.5 Å². The molecule has 0 aromatic carbocycles. The summed E-state index contributed by atoms with van der Waals surface area (Å²) >= 11 is 0. The van der Waals surface area contributed by atoms with Crippen LogP contribution in [0.4, 0.5) is 0 Å². The fourth-order valence-electron chi connectivity index (χ4n) is 4.46. The molecule has 2 aliphatic rings. The fourth-order valence-corrected chi connectivity index (χ4v) is 4.46. The van der Waals surface area contributed by atoms with E-state index in [1.807, 2.05) is 12.5 Å². The second-order valence-electron chi connectivity index (χ2n) is 7.28. The van der Waals surface area contributed by atoms with Crippen LogP contribution in [0.5, 0.6) is 0 Å². The molecular weight excluding hydrogens is 234 g/mol. The Balaban J connectivity index is 1.69. The van der Waals surface area contributed by atoms with Crippen LogP contribution < -0.4 is 5.32 Å². The SMILES string of the molecule is CC(C)CNCC1(Cc2ccoc2)CC2CCC1C2. The topological polar surface area (TPSA) is 25.2 Å². The molecule has 1 N–H and O–H groups in total. The predicted molar refractivity (Wildman–Crippen MR) is 78.0 cm³/mol. The van der Waals surface area contributed by atoms with E-state index in [4.69, 9.17) is 4.42 Å². The van der Waals surface area contributed by atoms with Crippen LogP contribution in [0, 0.1) is 23.2 Å². The smallest absolute Gasteiger partial charge is 0.0934 e. The van der Waals surface area contributed by atoms with E-state index >= 15 is 0 Å². The molecule has 0 spiro atoms. The highest BCUT2D eigenvalue weighted by atomic mass is 16.3. The lowest BCUT2D eigenvalue weighted by Crippen LogP contribution is -2.41. The number of hydrogen-bond acceptors (Lipinski definition) is 2. The summed E-state index contributed by atoms with van der Waals surface area (Å²) in [4.78, 5) is 0. The van der Waals surface area contributed by atoms with Gasteiger partial charge in [0.1, 0.15) is 0 Å². The zero-order chi connectivity index (χ0) is 13.3. The second-order valence-corrected chi connectivity index (χ2v) is 7.28. The van der Waals surface area contributed by atoms with Crippen LogP contribution in [0.3, 0.4) is 0 Å². The Morgan fingerprint density at radius 1 is 1.42 bits per heavy atom. The predicted octanol–water partition coefficient (Wildman–Crippen LogP) is 3.87. The summed E-state index contributed by atoms with van der Waals surface area (Å²) in [5, 5.41) is 3.73. The minimum absolute atomic E-state index is 0.502. The Bertz CT molecular complexity index is 397. The fraction of sp³-hybridized carbons (Fsp3) is 0.765. The molecule has 0 aliphatic heterocycles. The average Bonchev–Trinajstić information content (AvgIpc) is 3.04. The third kappa shape index (κ3) is 2.74. The lowest BCUT2D eigenvalue weighted by molar-refractivity contribution is 0.154. The van der Waals surface area contributed by atoms with Crippen molar-refractivity contribution in [1.29, 1.82) is 0 Å². The van der Waals surface area contributed by atoms with Crippen LogP contribution in [-0.4, -0.2) is 13.1 Å². The van der Waals surface area contributed by atoms with E-state index in [2.05, 4.69) is 25.2 Å². The number of furan rings is 1. The zero-order valence-corrected chi connectivity index (χ0v) is 12.3. The largest absolute Gasteiger partial charge is 0.472 e. The highest BCUT2D eigenvalue weighted by Gasteiger charge is 2.50. The molecule has 1 aromatic heterocycles. The summed E-state index contributed by atoms with van der Waals surface area (Å²) in [6.07, 6.45) is 10.8. The Labute approximate surface area is 117 Å². The van der Waals surface area contributed by atoms with Gasteiger partial charge in [-0.15, -0.1) is 0 Å². The van der Waals surface area contributed by atoms with Gasteiger partial charge in [-0.25, -0.2) is 0 Å². The van der Waals surface area contributed by atoms with Crippen LogP contribution in [0.2, 0.25) is 0 Å². The molecule has 1 aromatic rings. The van der Waals surface area contributed by atoms with Crippen LogP contribution in [0.25, 0.3) is 0 Å². The third-order valence-corrected chi connectivity index (χ3v) is 5.27. The van der Waals surface area contributed by atoms with Gasteiger partial charge < -0.3 is 9.73 Å². The van der Waals surface area contributed by atoms with E-state index < -0.39 is 0 Å². The van der Waals surface area contributed by atoms with E-state index in [9.17, 15) is 0 Å². The molecule has 0 saturated heterocycles. The van der Waals surface area contributed by atoms with Crippen LogP contribution >= 0.6 is 0 Å². The molecular formula is C17H27NO. The van der Waals surface area contributed by atoms with Crippen LogP contribution in [0.1, 0.15) is 45.1 Å². The van der Waals surface area contributed by atoms with Crippen molar-refractivity contribution >= 4 is 0 Å². The molecule has 2 nitrogen and oxygen atoms in total. The Morgan fingerprint density at radius 3 is 2.89 bits per heavy atom. The summed E-state index contributed by atoms with van der Waals surface area (Å²) in [6.45, 7) is 6.91. The van der Waals surface area contributed by atoms with Crippen LogP contribution in [0.15, 0.2) is 23.0 Å². The summed E-state index contributed by atoms with van der Waals surface area (Å²) in [5.41, 5.74) is 1.89. The van der Waals surface area contributed by atoms with Gasteiger partial charge in [-0.05, 0) is 67.0 Å². The quantitative estimate of drug-likeness (QED) is 0.841. The van der Waals surface area contributed by atoms with Crippen molar-refractivity contribution in [2.75, 3.05) is 13.1 Å². The molecule has 0 radical (unpaired) electrons. The Morgan fingerprint density at radius 2 is 2.32 bits per heavy atom. The lowest BCUT2D eigenvalue weighted by Gasteiger charge is -2.38. The van der Waals surface area contributed by atoms with Gasteiger partial charge in [0.2, 0.25) is 0 Å². The lowest BCUT2D eigenvalue weighted by atomic mass is 9.69. The summed E-state index contributed by atoms with van der Waals surface area (Å²) in [5.74, 6) is 2.68. The van der Waals surface area contributed by atoms with Crippen molar-refractivity contribution in [2.24, 2.45) is 23.2 Å². The summed E-state index contributed by atoms with van der Waals surface area (Å²) < 4.78 is 5.27. The molecule has 2 fully saturated rings. The average molecular weight is 261 g/mol. The van der Waals surface area contributed by atoms with Gasteiger partial charge >= 0.3 is 0 Å². The van der Waals surface area contributed by atoms with E-state index in [-0.39, 0.29) is 0 Å². The molecule has 2 saturated carbocycles. The number of nitrogens with one attached hydrogen (secondary N) is 1. The number of fused-ring (bicyclic) bond motifs is 2. The number of hydrogen-bond donors (Lipinski definition) is 1. The first-order valence-corrected chi connectivity index (χ1v) is 7.90. The van der Waals surface area contributed by atoms with Gasteiger partial charge in [0.25, 0.3) is 0 Å². The molecule has 2 aliphatic carbocycles. The minimum Gasteiger partial charge on any atom is -0.472 e. The highest BCUT2D eigenvalue weighted by molar-refractivity contribution is 5.13. The van der Waals surface area contributed by atoms with Crippen LogP contribution in [-0.2, 0) is 6.42 Å². The first kappa shape index (κ1) is 13.2. The van der Waals surface area contributed by atoms with Gasteiger partial charge in [0, 0.05) is 6.54 Å². The Kier molecular flexibility index (Phi) is 3.70. The second kappa shape index (κ2) is 5.32. The van der Waals surface area contributed by atoms with Gasteiger partial charge in [0.15, 0.2) is 0 Å². The summed E-state index contributed by atoms with van der Waals surface area (Å²) in [6, 6.07) is 2.15. The first-order chi connectivity index (χ1) is 9.18. The van der Waals surface area contributed by atoms with Crippen molar-refractivity contribution in [3.8, 4) is 0 Å². The molecule has 2 heteroatoms. The standard InChI is InChI=1S/C17H27NO/c1-13(2)10-18-12-17(9-15-5-6-19-11-15)8-14-3-4-16(17)7-14/h5-6,11,13-14,16,18H,3-4,7-10,12H2,1-2H3. The monoisotopic (exact) mass is 261 g/mol. The maximum atomic E-state index is 5.27. The van der Waals surface area contributed by atoms with Crippen molar-refractivity contribution in [2.45, 2.75) is 46.0 Å². The summed E-state index contributed by atoms with van der Waals surface area (Å²) in [7, 11) is 0. The van der Waals surface area contributed by atoms with E-state index in [0.29, 0.717) is 5.41 Å². The molecule has 106 valence electrons. The normalized spacial score (nSPS) is 33.4. The Hall–Kier alpha value is -0.760. The van der Waals surface area contributed by atoms with E-state index in [0.717, 1.165) is 24.3 Å². The van der Waals surface area contributed by atoms with Gasteiger partial charge in [-0.1, -0.05) is 20.3 Å². The highest BCUT2D eigenvalue weighted by Crippen LogP contribution is 2.57.